The van der Waals surface area contributed by atoms with Gasteiger partial charge in [0.15, 0.2) is 0 Å². The highest BCUT2D eigenvalue weighted by Crippen LogP contribution is 2.19. The Balaban J connectivity index is 1.97. The zero-order chi connectivity index (χ0) is 12.5. The van der Waals surface area contributed by atoms with Crippen LogP contribution in [-0.2, 0) is 13.0 Å². The predicted molar refractivity (Wildman–Crippen MR) is 64.7 cm³/mol. The van der Waals surface area contributed by atoms with Gasteiger partial charge in [-0.05, 0) is 18.2 Å². The monoisotopic (exact) mass is 245 g/mol. The molecule has 0 N–H and O–H groups in total. The standard InChI is InChI=1S/C13H12FN3O/c1-2-12-15-16-13(18-12)8-17-7-6-9-10(14)4-3-5-11(9)17/h3-7H,2,8H2,1H3. The summed E-state index contributed by atoms with van der Waals surface area (Å²) in [4.78, 5) is 0. The second-order valence-corrected chi connectivity index (χ2v) is 4.06. The van der Waals surface area contributed by atoms with Crippen molar-refractivity contribution in [3.63, 3.8) is 0 Å². The van der Waals surface area contributed by atoms with Gasteiger partial charge in [0.1, 0.15) is 12.4 Å². The normalized spacial score (nSPS) is 11.2. The van der Waals surface area contributed by atoms with E-state index in [4.69, 9.17) is 4.42 Å². The van der Waals surface area contributed by atoms with Crippen molar-refractivity contribution in [3.05, 3.63) is 48.1 Å². The molecule has 0 atom stereocenters. The molecule has 0 aliphatic rings. The Morgan fingerprint density at radius 2 is 2.06 bits per heavy atom. The van der Waals surface area contributed by atoms with Gasteiger partial charge in [0.25, 0.3) is 0 Å². The molecule has 18 heavy (non-hydrogen) atoms. The Labute approximate surface area is 103 Å². The second kappa shape index (κ2) is 4.25. The minimum Gasteiger partial charge on any atom is -0.423 e. The summed E-state index contributed by atoms with van der Waals surface area (Å²) in [5.74, 6) is 0.937. The molecular weight excluding hydrogens is 233 g/mol. The first kappa shape index (κ1) is 11.0. The van der Waals surface area contributed by atoms with Crippen LogP contribution in [0.1, 0.15) is 18.7 Å². The summed E-state index contributed by atoms with van der Waals surface area (Å²) in [6, 6.07) is 6.77. The van der Waals surface area contributed by atoms with Crippen molar-refractivity contribution in [3.8, 4) is 0 Å². The molecule has 0 aliphatic heterocycles. The molecule has 1 aromatic carbocycles. The Kier molecular flexibility index (Phi) is 2.59. The minimum absolute atomic E-state index is 0.217. The topological polar surface area (TPSA) is 43.9 Å². The molecule has 92 valence electrons. The molecule has 0 saturated carbocycles. The molecule has 2 aromatic heterocycles. The number of fused-ring (bicyclic) bond motifs is 1. The van der Waals surface area contributed by atoms with Gasteiger partial charge in [0.05, 0.1) is 5.52 Å². The number of hydrogen-bond acceptors (Lipinski definition) is 3. The fourth-order valence-corrected chi connectivity index (χ4v) is 1.96. The average molecular weight is 245 g/mol. The quantitative estimate of drug-likeness (QED) is 0.712. The summed E-state index contributed by atoms with van der Waals surface area (Å²) in [7, 11) is 0. The number of halogens is 1. The molecule has 2 heterocycles. The Hall–Kier alpha value is -2.17. The van der Waals surface area contributed by atoms with Crippen molar-refractivity contribution >= 4 is 10.9 Å². The molecule has 0 aliphatic carbocycles. The van der Waals surface area contributed by atoms with E-state index < -0.39 is 0 Å². The van der Waals surface area contributed by atoms with Gasteiger partial charge in [0, 0.05) is 18.0 Å². The van der Waals surface area contributed by atoms with Gasteiger partial charge in [-0.2, -0.15) is 0 Å². The lowest BCUT2D eigenvalue weighted by molar-refractivity contribution is 0.444. The number of aryl methyl sites for hydroxylation is 1. The van der Waals surface area contributed by atoms with Gasteiger partial charge in [-0.1, -0.05) is 13.0 Å². The van der Waals surface area contributed by atoms with E-state index in [1.165, 1.54) is 6.07 Å². The molecule has 5 heteroatoms. The van der Waals surface area contributed by atoms with Crippen LogP contribution in [0.4, 0.5) is 4.39 Å². The van der Waals surface area contributed by atoms with E-state index in [0.29, 0.717) is 30.1 Å². The Morgan fingerprint density at radius 3 is 2.83 bits per heavy atom. The van der Waals surface area contributed by atoms with Crippen molar-refractivity contribution in [2.75, 3.05) is 0 Å². The van der Waals surface area contributed by atoms with E-state index in [2.05, 4.69) is 10.2 Å². The van der Waals surface area contributed by atoms with Gasteiger partial charge in [-0.3, -0.25) is 0 Å². The average Bonchev–Trinajstić information content (AvgIpc) is 2.98. The van der Waals surface area contributed by atoms with Gasteiger partial charge in [-0.25, -0.2) is 4.39 Å². The van der Waals surface area contributed by atoms with E-state index in [1.807, 2.05) is 23.8 Å². The van der Waals surface area contributed by atoms with Crippen molar-refractivity contribution in [2.24, 2.45) is 0 Å². The fourth-order valence-electron chi connectivity index (χ4n) is 1.96. The second-order valence-electron chi connectivity index (χ2n) is 4.06. The molecule has 0 bridgehead atoms. The predicted octanol–water partition coefficient (Wildman–Crippen LogP) is 2.77. The maximum Gasteiger partial charge on any atom is 0.236 e. The first-order chi connectivity index (χ1) is 8.78. The van der Waals surface area contributed by atoms with E-state index in [0.717, 1.165) is 5.52 Å². The molecule has 0 amide bonds. The third kappa shape index (κ3) is 1.77. The number of benzene rings is 1. The lowest BCUT2D eigenvalue weighted by Gasteiger charge is -2.01. The van der Waals surface area contributed by atoms with Crippen molar-refractivity contribution < 1.29 is 8.81 Å². The van der Waals surface area contributed by atoms with Gasteiger partial charge in [0.2, 0.25) is 11.8 Å². The van der Waals surface area contributed by atoms with E-state index in [9.17, 15) is 4.39 Å². The number of nitrogens with zero attached hydrogens (tertiary/aromatic N) is 3. The van der Waals surface area contributed by atoms with Crippen LogP contribution in [0.25, 0.3) is 10.9 Å². The van der Waals surface area contributed by atoms with Crippen molar-refractivity contribution in [1.82, 2.24) is 14.8 Å². The molecular formula is C13H12FN3O. The zero-order valence-electron chi connectivity index (χ0n) is 9.93. The van der Waals surface area contributed by atoms with Crippen molar-refractivity contribution in [1.29, 1.82) is 0 Å². The van der Waals surface area contributed by atoms with Crippen LogP contribution < -0.4 is 0 Å². The molecule has 0 saturated heterocycles. The number of aromatic nitrogens is 3. The SMILES string of the molecule is CCc1nnc(Cn2ccc3c(F)cccc32)o1. The van der Waals surface area contributed by atoms with Gasteiger partial charge in [-0.15, -0.1) is 10.2 Å². The number of rotatable bonds is 3. The maximum absolute atomic E-state index is 13.5. The molecule has 0 fully saturated rings. The number of hydrogen-bond donors (Lipinski definition) is 0. The molecule has 0 radical (unpaired) electrons. The first-order valence-corrected chi connectivity index (χ1v) is 5.82. The van der Waals surface area contributed by atoms with Crippen molar-refractivity contribution in [2.45, 2.75) is 19.9 Å². The lowest BCUT2D eigenvalue weighted by atomic mass is 10.2. The summed E-state index contributed by atoms with van der Waals surface area (Å²) in [6.45, 7) is 2.41. The molecule has 4 nitrogen and oxygen atoms in total. The van der Waals surface area contributed by atoms with Gasteiger partial charge >= 0.3 is 0 Å². The molecule has 3 rings (SSSR count). The first-order valence-electron chi connectivity index (χ1n) is 5.82. The highest BCUT2D eigenvalue weighted by Gasteiger charge is 2.09. The van der Waals surface area contributed by atoms with E-state index in [-0.39, 0.29) is 5.82 Å². The Bertz CT molecular complexity index is 686. The van der Waals surface area contributed by atoms with Crippen LogP contribution in [0.15, 0.2) is 34.9 Å². The van der Waals surface area contributed by atoms with Crippen LogP contribution in [0.5, 0.6) is 0 Å². The largest absolute Gasteiger partial charge is 0.423 e. The smallest absolute Gasteiger partial charge is 0.236 e. The highest BCUT2D eigenvalue weighted by atomic mass is 19.1. The van der Waals surface area contributed by atoms with Crippen LogP contribution in [-0.4, -0.2) is 14.8 Å². The van der Waals surface area contributed by atoms with Crippen LogP contribution in [0.2, 0.25) is 0 Å². The van der Waals surface area contributed by atoms with Crippen LogP contribution in [0, 0.1) is 5.82 Å². The Morgan fingerprint density at radius 1 is 1.22 bits per heavy atom. The summed E-state index contributed by atoms with van der Waals surface area (Å²) in [6.07, 6.45) is 2.54. The summed E-state index contributed by atoms with van der Waals surface area (Å²) in [5.41, 5.74) is 0.825. The summed E-state index contributed by atoms with van der Waals surface area (Å²) >= 11 is 0. The molecule has 3 aromatic rings. The van der Waals surface area contributed by atoms with Crippen LogP contribution in [0.3, 0.4) is 0 Å². The zero-order valence-corrected chi connectivity index (χ0v) is 9.93. The fraction of sp³-hybridized carbons (Fsp3) is 0.231. The molecule has 0 unspecified atom stereocenters. The van der Waals surface area contributed by atoms with E-state index >= 15 is 0 Å². The van der Waals surface area contributed by atoms with E-state index in [1.54, 1.807) is 12.1 Å². The van der Waals surface area contributed by atoms with Gasteiger partial charge < -0.3 is 8.98 Å². The highest BCUT2D eigenvalue weighted by molar-refractivity contribution is 5.80. The third-order valence-electron chi connectivity index (χ3n) is 2.88. The minimum atomic E-state index is -0.217. The maximum atomic E-state index is 13.5. The summed E-state index contributed by atoms with van der Waals surface area (Å²) in [5, 5.41) is 8.47. The summed E-state index contributed by atoms with van der Waals surface area (Å²) < 4.78 is 20.9. The van der Waals surface area contributed by atoms with Crippen LogP contribution >= 0.6 is 0 Å². The lowest BCUT2D eigenvalue weighted by Crippen LogP contribution is -1.98. The molecule has 0 spiro atoms. The third-order valence-corrected chi connectivity index (χ3v) is 2.88.